The van der Waals surface area contributed by atoms with Gasteiger partial charge in [0.1, 0.15) is 30.9 Å². The van der Waals surface area contributed by atoms with Gasteiger partial charge in [-0.1, -0.05) is 0 Å². The molecule has 1 aromatic heterocycles. The Morgan fingerprint density at radius 1 is 1.20 bits per heavy atom. The largest absolute Gasteiger partial charge is 0.488 e. The van der Waals surface area contributed by atoms with Crippen LogP contribution in [0.4, 0.5) is 8.78 Å². The fourth-order valence-corrected chi connectivity index (χ4v) is 1.52. The Morgan fingerprint density at radius 2 is 2.05 bits per heavy atom. The smallest absolute Gasteiger partial charge is 0.167 e. The number of furan rings is 1. The lowest BCUT2D eigenvalue weighted by Gasteiger charge is -2.12. The summed E-state index contributed by atoms with van der Waals surface area (Å²) < 4.78 is 41.2. The molecule has 1 atom stereocenters. The highest BCUT2D eigenvalue weighted by atomic mass is 19.1. The molecule has 0 aliphatic heterocycles. The summed E-state index contributed by atoms with van der Waals surface area (Å²) in [6.45, 7) is 0.0964. The molecule has 0 saturated heterocycles. The number of hydrogen-bond donors (Lipinski definition) is 1. The lowest BCUT2D eigenvalue weighted by molar-refractivity contribution is 0.000273. The van der Waals surface area contributed by atoms with Crippen molar-refractivity contribution in [2.24, 2.45) is 0 Å². The van der Waals surface area contributed by atoms with Crippen LogP contribution in [0.25, 0.3) is 0 Å². The van der Waals surface area contributed by atoms with E-state index in [9.17, 15) is 13.9 Å². The molecule has 108 valence electrons. The topological polar surface area (TPSA) is 51.8 Å². The van der Waals surface area contributed by atoms with Gasteiger partial charge in [0, 0.05) is 6.07 Å². The molecule has 0 radical (unpaired) electrons. The molecule has 2 aromatic rings. The summed E-state index contributed by atoms with van der Waals surface area (Å²) in [5, 5.41) is 9.61. The first-order valence-electron chi connectivity index (χ1n) is 6.01. The molecule has 0 saturated carbocycles. The Labute approximate surface area is 114 Å². The van der Waals surface area contributed by atoms with E-state index in [1.54, 1.807) is 12.1 Å². The van der Waals surface area contributed by atoms with Crippen LogP contribution in [-0.4, -0.2) is 24.4 Å². The zero-order valence-electron chi connectivity index (χ0n) is 10.6. The second-order valence-electron chi connectivity index (χ2n) is 4.13. The molecule has 0 aliphatic carbocycles. The standard InChI is InChI=1S/C14H14F2O4/c15-10-3-4-14(13(16)6-10)20-8-11(17)7-18-9-12-2-1-5-19-12/h1-6,11,17H,7-9H2. The van der Waals surface area contributed by atoms with E-state index in [0.717, 1.165) is 12.1 Å². The Morgan fingerprint density at radius 3 is 2.75 bits per heavy atom. The molecular formula is C14H14F2O4. The van der Waals surface area contributed by atoms with E-state index in [4.69, 9.17) is 13.9 Å². The molecule has 1 heterocycles. The molecule has 0 amide bonds. The summed E-state index contributed by atoms with van der Waals surface area (Å²) in [5.74, 6) is -0.968. The Hall–Kier alpha value is -1.92. The number of ether oxygens (including phenoxy) is 2. The number of halogens is 2. The first kappa shape index (κ1) is 14.5. The van der Waals surface area contributed by atoms with Crippen LogP contribution < -0.4 is 4.74 Å². The van der Waals surface area contributed by atoms with Crippen LogP contribution in [0.2, 0.25) is 0 Å². The van der Waals surface area contributed by atoms with E-state index in [0.29, 0.717) is 5.76 Å². The molecular weight excluding hydrogens is 270 g/mol. The van der Waals surface area contributed by atoms with Crippen molar-refractivity contribution >= 4 is 0 Å². The third-order valence-electron chi connectivity index (χ3n) is 2.46. The van der Waals surface area contributed by atoms with Gasteiger partial charge in [-0.3, -0.25) is 0 Å². The second kappa shape index (κ2) is 7.02. The molecule has 0 bridgehead atoms. The second-order valence-corrected chi connectivity index (χ2v) is 4.13. The van der Waals surface area contributed by atoms with E-state index in [1.807, 2.05) is 0 Å². The third kappa shape index (κ3) is 4.32. The van der Waals surface area contributed by atoms with Crippen molar-refractivity contribution in [1.82, 2.24) is 0 Å². The molecule has 0 spiro atoms. The average molecular weight is 284 g/mol. The van der Waals surface area contributed by atoms with Crippen molar-refractivity contribution in [1.29, 1.82) is 0 Å². The molecule has 4 nitrogen and oxygen atoms in total. The van der Waals surface area contributed by atoms with Crippen molar-refractivity contribution in [3.63, 3.8) is 0 Å². The summed E-state index contributed by atoms with van der Waals surface area (Å²) in [7, 11) is 0. The lowest BCUT2D eigenvalue weighted by atomic mass is 10.3. The number of rotatable bonds is 7. The van der Waals surface area contributed by atoms with Crippen LogP contribution in [0.5, 0.6) is 5.75 Å². The maximum atomic E-state index is 13.2. The van der Waals surface area contributed by atoms with Gasteiger partial charge in [-0.25, -0.2) is 8.78 Å². The summed E-state index contributed by atoms with van der Waals surface area (Å²) in [5.41, 5.74) is 0. The third-order valence-corrected chi connectivity index (χ3v) is 2.46. The number of hydrogen-bond acceptors (Lipinski definition) is 4. The molecule has 6 heteroatoms. The van der Waals surface area contributed by atoms with Crippen LogP contribution in [0.3, 0.4) is 0 Å². The van der Waals surface area contributed by atoms with E-state index in [2.05, 4.69) is 0 Å². The van der Waals surface area contributed by atoms with Crippen LogP contribution >= 0.6 is 0 Å². The maximum Gasteiger partial charge on any atom is 0.167 e. The Kier molecular flexibility index (Phi) is 5.09. The highest BCUT2D eigenvalue weighted by molar-refractivity contribution is 5.24. The summed E-state index contributed by atoms with van der Waals surface area (Å²) >= 11 is 0. The minimum absolute atomic E-state index is 0.0174. The first-order valence-corrected chi connectivity index (χ1v) is 6.01. The summed E-state index contributed by atoms with van der Waals surface area (Å²) in [4.78, 5) is 0. The van der Waals surface area contributed by atoms with Gasteiger partial charge in [0.25, 0.3) is 0 Å². The normalized spacial score (nSPS) is 12.3. The average Bonchev–Trinajstić information content (AvgIpc) is 2.91. The number of benzene rings is 1. The van der Waals surface area contributed by atoms with Crippen molar-refractivity contribution in [3.05, 3.63) is 54.0 Å². The van der Waals surface area contributed by atoms with Crippen LogP contribution in [0.1, 0.15) is 5.76 Å². The van der Waals surface area contributed by atoms with E-state index < -0.39 is 17.7 Å². The molecule has 1 aromatic carbocycles. The van der Waals surface area contributed by atoms with Crippen molar-refractivity contribution in [3.8, 4) is 5.75 Å². The van der Waals surface area contributed by atoms with Crippen molar-refractivity contribution in [2.45, 2.75) is 12.7 Å². The van der Waals surface area contributed by atoms with Crippen LogP contribution in [-0.2, 0) is 11.3 Å². The van der Waals surface area contributed by atoms with Gasteiger partial charge in [0.05, 0.1) is 12.9 Å². The van der Waals surface area contributed by atoms with Gasteiger partial charge in [-0.05, 0) is 24.3 Å². The van der Waals surface area contributed by atoms with Gasteiger partial charge in [-0.2, -0.15) is 0 Å². The monoisotopic (exact) mass is 284 g/mol. The van der Waals surface area contributed by atoms with Crippen molar-refractivity contribution < 1.29 is 27.8 Å². The highest BCUT2D eigenvalue weighted by Gasteiger charge is 2.09. The van der Waals surface area contributed by atoms with Crippen LogP contribution in [0, 0.1) is 11.6 Å². The SMILES string of the molecule is OC(COCc1ccco1)COc1ccc(F)cc1F. The zero-order valence-corrected chi connectivity index (χ0v) is 10.6. The molecule has 2 rings (SSSR count). The van der Waals surface area contributed by atoms with E-state index >= 15 is 0 Å². The van der Waals surface area contributed by atoms with Gasteiger partial charge < -0.3 is 19.0 Å². The molecule has 1 N–H and O–H groups in total. The number of aliphatic hydroxyl groups is 1. The van der Waals surface area contributed by atoms with Gasteiger partial charge in [0.15, 0.2) is 11.6 Å². The fraction of sp³-hybridized carbons (Fsp3) is 0.286. The maximum absolute atomic E-state index is 13.2. The van der Waals surface area contributed by atoms with Gasteiger partial charge >= 0.3 is 0 Å². The first-order chi connectivity index (χ1) is 9.65. The van der Waals surface area contributed by atoms with E-state index in [-0.39, 0.29) is 25.6 Å². The molecule has 20 heavy (non-hydrogen) atoms. The fourth-order valence-electron chi connectivity index (χ4n) is 1.52. The quantitative estimate of drug-likeness (QED) is 0.848. The van der Waals surface area contributed by atoms with Gasteiger partial charge in [-0.15, -0.1) is 0 Å². The minimum atomic E-state index is -0.922. The summed E-state index contributed by atoms with van der Waals surface area (Å²) in [6.07, 6.45) is 0.602. The van der Waals surface area contributed by atoms with E-state index in [1.165, 1.54) is 12.3 Å². The Balaban J connectivity index is 1.70. The predicted molar refractivity (Wildman–Crippen MR) is 66.2 cm³/mol. The van der Waals surface area contributed by atoms with Crippen molar-refractivity contribution in [2.75, 3.05) is 13.2 Å². The molecule has 1 unspecified atom stereocenters. The predicted octanol–water partition coefficient (Wildman–Crippen LogP) is 2.51. The minimum Gasteiger partial charge on any atom is -0.488 e. The summed E-state index contributed by atoms with van der Waals surface area (Å²) in [6, 6.07) is 6.45. The zero-order chi connectivity index (χ0) is 14.4. The number of aliphatic hydroxyl groups excluding tert-OH is 1. The Bertz CT molecular complexity index is 528. The molecule has 0 fully saturated rings. The molecule has 0 aliphatic rings. The highest BCUT2D eigenvalue weighted by Crippen LogP contribution is 2.17. The van der Waals surface area contributed by atoms with Crippen LogP contribution in [0.15, 0.2) is 41.0 Å². The van der Waals surface area contributed by atoms with Gasteiger partial charge in [0.2, 0.25) is 0 Å². The lowest BCUT2D eigenvalue weighted by Crippen LogP contribution is -2.23.